The van der Waals surface area contributed by atoms with E-state index in [0.717, 1.165) is 10.9 Å². The van der Waals surface area contributed by atoms with E-state index in [-0.39, 0.29) is 18.8 Å². The number of rotatable bonds is 7. The van der Waals surface area contributed by atoms with Crippen LogP contribution in [0.4, 0.5) is 0 Å². The molecule has 0 unspecified atom stereocenters. The Morgan fingerprint density at radius 2 is 2.04 bits per heavy atom. The van der Waals surface area contributed by atoms with Crippen LogP contribution < -0.4 is 0 Å². The van der Waals surface area contributed by atoms with Crippen LogP contribution in [0, 0.1) is 6.92 Å². The van der Waals surface area contributed by atoms with Crippen LogP contribution in [0.5, 0.6) is 0 Å². The molecule has 140 valence electrons. The van der Waals surface area contributed by atoms with Crippen molar-refractivity contribution in [3.8, 4) is 5.69 Å². The number of fused-ring (bicyclic) bond motifs is 1. The van der Waals surface area contributed by atoms with Gasteiger partial charge >= 0.3 is 5.97 Å². The largest absolute Gasteiger partial charge is 0.480 e. The van der Waals surface area contributed by atoms with E-state index < -0.39 is 18.4 Å². The van der Waals surface area contributed by atoms with Gasteiger partial charge < -0.3 is 14.7 Å². The summed E-state index contributed by atoms with van der Waals surface area (Å²) in [5, 5.41) is 18.1. The highest BCUT2D eigenvalue weighted by atomic mass is 16.5. The van der Waals surface area contributed by atoms with Crippen molar-refractivity contribution in [3.63, 3.8) is 0 Å². The Balaban J connectivity index is 1.98. The van der Waals surface area contributed by atoms with Crippen LogP contribution in [0.1, 0.15) is 16.2 Å². The summed E-state index contributed by atoms with van der Waals surface area (Å²) in [4.78, 5) is 29.4. The van der Waals surface area contributed by atoms with Gasteiger partial charge in [0, 0.05) is 25.2 Å². The summed E-state index contributed by atoms with van der Waals surface area (Å²) < 4.78 is 6.50. The van der Waals surface area contributed by atoms with Crippen molar-refractivity contribution in [3.05, 3.63) is 47.9 Å². The van der Waals surface area contributed by atoms with Crippen molar-refractivity contribution in [2.24, 2.45) is 0 Å². The third kappa shape index (κ3) is 3.77. The number of amides is 1. The Kier molecular flexibility index (Phi) is 5.41. The number of nitrogens with zero attached hydrogens (tertiary/aromatic N) is 5. The number of carboxylic acids is 1. The van der Waals surface area contributed by atoms with E-state index in [1.54, 1.807) is 13.1 Å². The number of hydrogen-bond donors (Lipinski definition) is 1. The molecule has 0 fully saturated rings. The second kappa shape index (κ2) is 7.92. The maximum absolute atomic E-state index is 12.8. The molecule has 0 aliphatic heterocycles. The van der Waals surface area contributed by atoms with E-state index in [4.69, 9.17) is 9.84 Å². The zero-order chi connectivity index (χ0) is 19.4. The van der Waals surface area contributed by atoms with Gasteiger partial charge in [-0.15, -0.1) is 5.10 Å². The number of aliphatic carboxylic acids is 1. The fourth-order valence-corrected chi connectivity index (χ4v) is 2.78. The Bertz CT molecular complexity index is 980. The lowest BCUT2D eigenvalue weighted by Crippen LogP contribution is -2.38. The minimum atomic E-state index is -1.11. The van der Waals surface area contributed by atoms with E-state index in [9.17, 15) is 9.59 Å². The number of methoxy groups -OCH3 is 1. The van der Waals surface area contributed by atoms with Gasteiger partial charge in [0.05, 0.1) is 23.5 Å². The fourth-order valence-electron chi connectivity index (χ4n) is 2.78. The number of pyridine rings is 1. The Morgan fingerprint density at radius 1 is 1.26 bits per heavy atom. The number of ether oxygens (including phenoxy) is 1. The molecule has 0 saturated heterocycles. The van der Waals surface area contributed by atoms with Gasteiger partial charge in [-0.25, -0.2) is 4.68 Å². The molecule has 0 spiro atoms. The fraction of sp³-hybridized carbons (Fsp3) is 0.278. The van der Waals surface area contributed by atoms with E-state index in [1.165, 1.54) is 16.7 Å². The second-order valence-corrected chi connectivity index (χ2v) is 5.90. The van der Waals surface area contributed by atoms with Crippen LogP contribution in [-0.2, 0) is 9.53 Å². The van der Waals surface area contributed by atoms with E-state index in [0.29, 0.717) is 11.4 Å². The lowest BCUT2D eigenvalue weighted by molar-refractivity contribution is -0.137. The van der Waals surface area contributed by atoms with Crippen LogP contribution in [-0.4, -0.2) is 68.7 Å². The van der Waals surface area contributed by atoms with Gasteiger partial charge in [-0.3, -0.25) is 14.6 Å². The van der Waals surface area contributed by atoms with Crippen molar-refractivity contribution in [1.29, 1.82) is 0 Å². The van der Waals surface area contributed by atoms with Crippen LogP contribution in [0.15, 0.2) is 36.5 Å². The molecule has 2 heterocycles. The minimum absolute atomic E-state index is 0.0975. The summed E-state index contributed by atoms with van der Waals surface area (Å²) in [6.07, 6.45) is 1.68. The molecular formula is C18H19N5O4. The molecule has 0 radical (unpaired) electrons. The first-order valence-corrected chi connectivity index (χ1v) is 8.29. The first-order valence-electron chi connectivity index (χ1n) is 8.29. The third-order valence-electron chi connectivity index (χ3n) is 4.12. The Morgan fingerprint density at radius 3 is 2.78 bits per heavy atom. The van der Waals surface area contributed by atoms with Crippen molar-refractivity contribution >= 4 is 22.8 Å². The monoisotopic (exact) mass is 369 g/mol. The normalized spacial score (nSPS) is 10.9. The number of para-hydroxylation sites is 1. The quantitative estimate of drug-likeness (QED) is 0.668. The highest BCUT2D eigenvalue weighted by Crippen LogP contribution is 2.21. The number of aromatic nitrogens is 4. The van der Waals surface area contributed by atoms with Crippen molar-refractivity contribution in [2.75, 3.05) is 26.8 Å². The average Bonchev–Trinajstić information content (AvgIpc) is 3.05. The second-order valence-electron chi connectivity index (χ2n) is 5.90. The standard InChI is InChI=1S/C18H19N5O4/c1-12-16(18(26)22(9-10-27-2)11-15(24)25)20-21-23(12)14-7-3-5-13-6-4-8-19-17(13)14/h3-8H,9-11H2,1-2H3,(H,24,25). The zero-order valence-corrected chi connectivity index (χ0v) is 15.0. The molecule has 1 N–H and O–H groups in total. The van der Waals surface area contributed by atoms with E-state index in [1.807, 2.05) is 30.3 Å². The van der Waals surface area contributed by atoms with Crippen molar-refractivity contribution in [1.82, 2.24) is 24.9 Å². The third-order valence-corrected chi connectivity index (χ3v) is 4.12. The first kappa shape index (κ1) is 18.5. The van der Waals surface area contributed by atoms with Gasteiger partial charge in [0.25, 0.3) is 5.91 Å². The highest BCUT2D eigenvalue weighted by Gasteiger charge is 2.25. The van der Waals surface area contributed by atoms with Gasteiger partial charge in [-0.1, -0.05) is 23.4 Å². The molecule has 0 saturated carbocycles. The maximum Gasteiger partial charge on any atom is 0.323 e. The lowest BCUT2D eigenvalue weighted by atomic mass is 10.2. The summed E-state index contributed by atoms with van der Waals surface area (Å²) in [6, 6.07) is 9.42. The smallest absolute Gasteiger partial charge is 0.323 e. The molecule has 9 nitrogen and oxygen atoms in total. The molecule has 3 rings (SSSR count). The molecular weight excluding hydrogens is 350 g/mol. The van der Waals surface area contributed by atoms with Crippen LogP contribution in [0.3, 0.4) is 0 Å². The average molecular weight is 369 g/mol. The Labute approximate surface area is 155 Å². The number of carboxylic acid groups (broad SMARTS) is 1. The number of benzene rings is 1. The molecule has 27 heavy (non-hydrogen) atoms. The molecule has 2 aromatic heterocycles. The van der Waals surface area contributed by atoms with Gasteiger partial charge in [-0.05, 0) is 19.1 Å². The summed E-state index contributed by atoms with van der Waals surface area (Å²) >= 11 is 0. The minimum Gasteiger partial charge on any atom is -0.480 e. The lowest BCUT2D eigenvalue weighted by Gasteiger charge is -2.19. The number of carbonyl (C=O) groups is 2. The molecule has 9 heteroatoms. The van der Waals surface area contributed by atoms with Gasteiger partial charge in [0.15, 0.2) is 5.69 Å². The van der Waals surface area contributed by atoms with Crippen LogP contribution >= 0.6 is 0 Å². The summed E-state index contributed by atoms with van der Waals surface area (Å²) in [6.45, 7) is 1.64. The molecule has 1 aromatic carbocycles. The van der Waals surface area contributed by atoms with Gasteiger partial charge in [0.2, 0.25) is 0 Å². The van der Waals surface area contributed by atoms with Gasteiger partial charge in [-0.2, -0.15) is 0 Å². The van der Waals surface area contributed by atoms with Crippen molar-refractivity contribution < 1.29 is 19.4 Å². The maximum atomic E-state index is 12.8. The van der Waals surface area contributed by atoms with Crippen LogP contribution in [0.25, 0.3) is 16.6 Å². The molecule has 0 bridgehead atoms. The predicted molar refractivity (Wildman–Crippen MR) is 96.8 cm³/mol. The molecule has 0 aliphatic carbocycles. The van der Waals surface area contributed by atoms with E-state index in [2.05, 4.69) is 15.3 Å². The summed E-state index contributed by atoms with van der Waals surface area (Å²) in [5.74, 6) is -1.62. The number of carbonyl (C=O) groups excluding carboxylic acids is 1. The molecule has 0 aliphatic rings. The number of hydrogen-bond acceptors (Lipinski definition) is 6. The first-order chi connectivity index (χ1) is 13.0. The topological polar surface area (TPSA) is 110 Å². The van der Waals surface area contributed by atoms with Gasteiger partial charge in [0.1, 0.15) is 6.54 Å². The van der Waals surface area contributed by atoms with Crippen LogP contribution in [0.2, 0.25) is 0 Å². The molecule has 0 atom stereocenters. The summed E-state index contributed by atoms with van der Waals surface area (Å²) in [7, 11) is 1.48. The van der Waals surface area contributed by atoms with Crippen molar-refractivity contribution in [2.45, 2.75) is 6.92 Å². The molecule has 1 amide bonds. The molecule has 3 aromatic rings. The SMILES string of the molecule is COCCN(CC(=O)O)C(=O)c1nnn(-c2cccc3cccnc23)c1C. The predicted octanol–water partition coefficient (Wildman–Crippen LogP) is 1.30. The summed E-state index contributed by atoms with van der Waals surface area (Å²) in [5.41, 5.74) is 2.03. The van der Waals surface area contributed by atoms with E-state index >= 15 is 0 Å². The zero-order valence-electron chi connectivity index (χ0n) is 15.0. The highest BCUT2D eigenvalue weighted by molar-refractivity contribution is 5.95. The Hall–Kier alpha value is -3.33.